The van der Waals surface area contributed by atoms with E-state index in [9.17, 15) is 4.79 Å². The third-order valence-corrected chi connectivity index (χ3v) is 4.00. The van der Waals surface area contributed by atoms with Gasteiger partial charge in [0, 0.05) is 18.0 Å². The fourth-order valence-electron chi connectivity index (χ4n) is 2.63. The zero-order chi connectivity index (χ0) is 17.4. The molecule has 0 aliphatic rings. The number of hydrogen-bond acceptors (Lipinski definition) is 3. The average molecular weight is 327 g/mol. The molecule has 2 aromatic rings. The Morgan fingerprint density at radius 1 is 1.08 bits per heavy atom. The quantitative estimate of drug-likeness (QED) is 0.796. The molecular formula is C20H25NO3. The van der Waals surface area contributed by atoms with Crippen molar-refractivity contribution in [3.05, 3.63) is 59.7 Å². The summed E-state index contributed by atoms with van der Waals surface area (Å²) in [5.74, 6) is 1.42. The Labute approximate surface area is 143 Å². The van der Waals surface area contributed by atoms with Crippen molar-refractivity contribution in [2.45, 2.75) is 26.2 Å². The van der Waals surface area contributed by atoms with Gasteiger partial charge in [-0.3, -0.25) is 4.79 Å². The average Bonchev–Trinajstić information content (AvgIpc) is 2.63. The van der Waals surface area contributed by atoms with Gasteiger partial charge in [0.25, 0.3) is 5.91 Å². The van der Waals surface area contributed by atoms with Crippen LogP contribution in [0.2, 0.25) is 0 Å². The van der Waals surface area contributed by atoms with Crippen LogP contribution in [0.3, 0.4) is 0 Å². The van der Waals surface area contributed by atoms with Crippen molar-refractivity contribution in [2.75, 3.05) is 20.3 Å². The van der Waals surface area contributed by atoms with Gasteiger partial charge in [-0.05, 0) is 37.1 Å². The molecule has 0 fully saturated rings. The molecule has 0 saturated heterocycles. The monoisotopic (exact) mass is 327 g/mol. The van der Waals surface area contributed by atoms with Crippen molar-refractivity contribution >= 4 is 5.91 Å². The zero-order valence-electron chi connectivity index (χ0n) is 14.5. The van der Waals surface area contributed by atoms with Crippen LogP contribution in [0.15, 0.2) is 48.5 Å². The topological polar surface area (TPSA) is 47.6 Å². The van der Waals surface area contributed by atoms with Gasteiger partial charge in [-0.1, -0.05) is 37.3 Å². The molecule has 2 aromatic carbocycles. The minimum Gasteiger partial charge on any atom is -0.493 e. The van der Waals surface area contributed by atoms with E-state index in [0.29, 0.717) is 36.1 Å². The molecule has 0 aliphatic heterocycles. The van der Waals surface area contributed by atoms with Gasteiger partial charge in [0.2, 0.25) is 0 Å². The first-order valence-corrected chi connectivity index (χ1v) is 8.33. The fourth-order valence-corrected chi connectivity index (χ4v) is 2.63. The van der Waals surface area contributed by atoms with E-state index < -0.39 is 0 Å². The second kappa shape index (κ2) is 8.96. The number of carbonyl (C=O) groups is 1. The molecule has 24 heavy (non-hydrogen) atoms. The van der Waals surface area contributed by atoms with Crippen LogP contribution in [0.4, 0.5) is 0 Å². The highest BCUT2D eigenvalue weighted by Gasteiger charge is 2.14. The van der Waals surface area contributed by atoms with Crippen molar-refractivity contribution < 1.29 is 14.3 Å². The van der Waals surface area contributed by atoms with Gasteiger partial charge in [-0.15, -0.1) is 0 Å². The Bertz CT molecular complexity index is 655. The predicted molar refractivity (Wildman–Crippen MR) is 96.0 cm³/mol. The van der Waals surface area contributed by atoms with Crippen LogP contribution >= 0.6 is 0 Å². The molecule has 1 atom stereocenters. The molecule has 0 bridgehead atoms. The summed E-state index contributed by atoms with van der Waals surface area (Å²) in [5.41, 5.74) is 1.81. The van der Waals surface area contributed by atoms with Crippen molar-refractivity contribution in [2.24, 2.45) is 0 Å². The summed E-state index contributed by atoms with van der Waals surface area (Å²) >= 11 is 0. The summed E-state index contributed by atoms with van der Waals surface area (Å²) in [6, 6.07) is 15.5. The van der Waals surface area contributed by atoms with Crippen molar-refractivity contribution in [1.82, 2.24) is 5.32 Å². The Morgan fingerprint density at radius 2 is 1.83 bits per heavy atom. The number of amides is 1. The molecule has 0 radical (unpaired) electrons. The van der Waals surface area contributed by atoms with Gasteiger partial charge < -0.3 is 14.8 Å². The van der Waals surface area contributed by atoms with E-state index in [1.54, 1.807) is 25.3 Å². The van der Waals surface area contributed by atoms with Crippen LogP contribution in [-0.4, -0.2) is 26.2 Å². The lowest BCUT2D eigenvalue weighted by Crippen LogP contribution is -2.28. The maximum Gasteiger partial charge on any atom is 0.251 e. The van der Waals surface area contributed by atoms with Crippen molar-refractivity contribution in [1.29, 1.82) is 0 Å². The summed E-state index contributed by atoms with van der Waals surface area (Å²) in [7, 11) is 1.59. The van der Waals surface area contributed by atoms with Crippen LogP contribution in [0.25, 0.3) is 0 Å². The molecule has 4 heteroatoms. The zero-order valence-corrected chi connectivity index (χ0v) is 14.5. The van der Waals surface area contributed by atoms with Gasteiger partial charge in [0.15, 0.2) is 11.5 Å². The SMILES string of the molecule is CCOc1cc(C(=O)NCC(CC)c2ccccc2)ccc1OC. The third kappa shape index (κ3) is 4.51. The highest BCUT2D eigenvalue weighted by atomic mass is 16.5. The molecule has 1 N–H and O–H groups in total. The highest BCUT2D eigenvalue weighted by Crippen LogP contribution is 2.28. The summed E-state index contributed by atoms with van der Waals surface area (Å²) < 4.78 is 10.8. The smallest absolute Gasteiger partial charge is 0.251 e. The maximum atomic E-state index is 12.4. The summed E-state index contributed by atoms with van der Waals surface area (Å²) in [6.07, 6.45) is 0.969. The molecule has 4 nitrogen and oxygen atoms in total. The van der Waals surface area contributed by atoms with E-state index >= 15 is 0 Å². The van der Waals surface area contributed by atoms with Gasteiger partial charge >= 0.3 is 0 Å². The van der Waals surface area contributed by atoms with E-state index in [2.05, 4.69) is 24.4 Å². The standard InChI is InChI=1S/C20H25NO3/c1-4-15(16-9-7-6-8-10-16)14-21-20(22)17-11-12-18(23-3)19(13-17)24-5-2/h6-13,15H,4-5,14H2,1-3H3,(H,21,22). The van der Waals surface area contributed by atoms with E-state index in [1.807, 2.05) is 25.1 Å². The Balaban J connectivity index is 2.05. The number of hydrogen-bond donors (Lipinski definition) is 1. The molecule has 0 aliphatic carbocycles. The first-order valence-electron chi connectivity index (χ1n) is 8.33. The third-order valence-electron chi connectivity index (χ3n) is 4.00. The van der Waals surface area contributed by atoms with Gasteiger partial charge in [0.1, 0.15) is 0 Å². The van der Waals surface area contributed by atoms with Gasteiger partial charge in [-0.2, -0.15) is 0 Å². The number of ether oxygens (including phenoxy) is 2. The Morgan fingerprint density at radius 3 is 2.46 bits per heavy atom. The van der Waals surface area contributed by atoms with Crippen LogP contribution < -0.4 is 14.8 Å². The van der Waals surface area contributed by atoms with E-state index in [1.165, 1.54) is 5.56 Å². The molecule has 1 unspecified atom stereocenters. The lowest BCUT2D eigenvalue weighted by molar-refractivity contribution is 0.0950. The van der Waals surface area contributed by atoms with Gasteiger partial charge in [0.05, 0.1) is 13.7 Å². The van der Waals surface area contributed by atoms with E-state index in [4.69, 9.17) is 9.47 Å². The van der Waals surface area contributed by atoms with Crippen LogP contribution in [0.1, 0.15) is 42.1 Å². The van der Waals surface area contributed by atoms with Crippen LogP contribution in [0.5, 0.6) is 11.5 Å². The molecule has 2 rings (SSSR count). The summed E-state index contributed by atoms with van der Waals surface area (Å²) in [5, 5.41) is 3.02. The maximum absolute atomic E-state index is 12.4. The van der Waals surface area contributed by atoms with Crippen molar-refractivity contribution in [3.8, 4) is 11.5 Å². The largest absolute Gasteiger partial charge is 0.493 e. The molecule has 0 spiro atoms. The molecule has 128 valence electrons. The minimum absolute atomic E-state index is 0.104. The molecule has 0 aromatic heterocycles. The van der Waals surface area contributed by atoms with E-state index in [0.717, 1.165) is 6.42 Å². The van der Waals surface area contributed by atoms with Gasteiger partial charge in [-0.25, -0.2) is 0 Å². The first-order chi connectivity index (χ1) is 11.7. The Kier molecular flexibility index (Phi) is 6.67. The van der Waals surface area contributed by atoms with Crippen molar-refractivity contribution in [3.63, 3.8) is 0 Å². The Hall–Kier alpha value is -2.49. The minimum atomic E-state index is -0.104. The fraction of sp³-hybridized carbons (Fsp3) is 0.350. The highest BCUT2D eigenvalue weighted by molar-refractivity contribution is 5.94. The second-order valence-corrected chi connectivity index (χ2v) is 5.52. The van der Waals surface area contributed by atoms with Crippen LogP contribution in [-0.2, 0) is 0 Å². The van der Waals surface area contributed by atoms with Crippen LogP contribution in [0, 0.1) is 0 Å². The molecule has 0 heterocycles. The second-order valence-electron chi connectivity index (χ2n) is 5.52. The summed E-state index contributed by atoms with van der Waals surface area (Å²) in [6.45, 7) is 5.16. The normalized spacial score (nSPS) is 11.6. The molecule has 0 saturated carbocycles. The number of nitrogens with one attached hydrogen (secondary N) is 1. The number of benzene rings is 2. The number of methoxy groups -OCH3 is 1. The first kappa shape index (κ1) is 17.9. The predicted octanol–water partition coefficient (Wildman–Crippen LogP) is 4.02. The lowest BCUT2D eigenvalue weighted by Gasteiger charge is -2.17. The number of rotatable bonds is 8. The molecule has 1 amide bonds. The summed E-state index contributed by atoms with van der Waals surface area (Å²) in [4.78, 5) is 12.4. The van der Waals surface area contributed by atoms with E-state index in [-0.39, 0.29) is 5.91 Å². The lowest BCUT2D eigenvalue weighted by atomic mass is 9.96. The number of carbonyl (C=O) groups excluding carboxylic acids is 1. The molecular weight excluding hydrogens is 302 g/mol.